The quantitative estimate of drug-likeness (QED) is 0.332. The molecular formula is C14H22N4O2. The third-order valence-corrected chi connectivity index (χ3v) is 3.88. The molecule has 1 aliphatic heterocycles. The Morgan fingerprint density at radius 1 is 1.45 bits per heavy atom. The SMILES string of the molecule is Cc1cc(N2CCC(CO)CC2)c(/C(N)=N/O)c(C)n1. The molecule has 6 nitrogen and oxygen atoms in total. The van der Waals surface area contributed by atoms with Gasteiger partial charge in [-0.15, -0.1) is 0 Å². The maximum atomic E-state index is 9.22. The van der Waals surface area contributed by atoms with Crippen molar-refractivity contribution in [3.63, 3.8) is 0 Å². The van der Waals surface area contributed by atoms with Crippen LogP contribution in [-0.2, 0) is 0 Å². The van der Waals surface area contributed by atoms with Gasteiger partial charge >= 0.3 is 0 Å². The van der Waals surface area contributed by atoms with Crippen LogP contribution in [0, 0.1) is 19.8 Å². The molecule has 1 fully saturated rings. The van der Waals surface area contributed by atoms with Crippen LogP contribution in [-0.4, -0.2) is 40.8 Å². The van der Waals surface area contributed by atoms with E-state index in [2.05, 4.69) is 15.0 Å². The fourth-order valence-corrected chi connectivity index (χ4v) is 2.78. The summed E-state index contributed by atoms with van der Waals surface area (Å²) in [6, 6.07) is 1.97. The Labute approximate surface area is 118 Å². The minimum absolute atomic E-state index is 0.0919. The zero-order valence-corrected chi connectivity index (χ0v) is 12.0. The van der Waals surface area contributed by atoms with Crippen LogP contribution in [0.25, 0.3) is 0 Å². The lowest BCUT2D eigenvalue weighted by Gasteiger charge is -2.34. The minimum atomic E-state index is 0.0919. The molecule has 1 aromatic rings. The number of amidine groups is 1. The van der Waals surface area contributed by atoms with Crippen LogP contribution < -0.4 is 10.6 Å². The number of nitrogens with zero attached hydrogens (tertiary/aromatic N) is 3. The van der Waals surface area contributed by atoms with Gasteiger partial charge in [0.05, 0.1) is 16.9 Å². The van der Waals surface area contributed by atoms with Gasteiger partial charge in [0.2, 0.25) is 0 Å². The molecule has 20 heavy (non-hydrogen) atoms. The molecule has 0 radical (unpaired) electrons. The molecule has 0 aliphatic carbocycles. The fourth-order valence-electron chi connectivity index (χ4n) is 2.78. The smallest absolute Gasteiger partial charge is 0.174 e. The average molecular weight is 278 g/mol. The number of pyridine rings is 1. The molecule has 0 saturated carbocycles. The van der Waals surface area contributed by atoms with Crippen molar-refractivity contribution in [2.24, 2.45) is 16.8 Å². The van der Waals surface area contributed by atoms with Crippen molar-refractivity contribution in [1.82, 2.24) is 4.98 Å². The van der Waals surface area contributed by atoms with E-state index in [-0.39, 0.29) is 12.4 Å². The molecule has 2 heterocycles. The van der Waals surface area contributed by atoms with Crippen molar-refractivity contribution < 1.29 is 10.3 Å². The van der Waals surface area contributed by atoms with Gasteiger partial charge in [-0.2, -0.15) is 0 Å². The number of nitrogens with two attached hydrogens (primary N) is 1. The van der Waals surface area contributed by atoms with E-state index in [0.29, 0.717) is 11.5 Å². The topological polar surface area (TPSA) is 95.0 Å². The van der Waals surface area contributed by atoms with Gasteiger partial charge in [-0.05, 0) is 38.7 Å². The van der Waals surface area contributed by atoms with E-state index in [9.17, 15) is 5.11 Å². The van der Waals surface area contributed by atoms with Gasteiger partial charge in [-0.3, -0.25) is 4.98 Å². The summed E-state index contributed by atoms with van der Waals surface area (Å²) >= 11 is 0. The first-order valence-electron chi connectivity index (χ1n) is 6.88. The third-order valence-electron chi connectivity index (χ3n) is 3.88. The van der Waals surface area contributed by atoms with Gasteiger partial charge in [0.25, 0.3) is 0 Å². The molecule has 0 atom stereocenters. The van der Waals surface area contributed by atoms with Crippen molar-refractivity contribution in [2.45, 2.75) is 26.7 Å². The molecule has 110 valence electrons. The number of hydrogen-bond acceptors (Lipinski definition) is 5. The highest BCUT2D eigenvalue weighted by molar-refractivity contribution is 6.03. The molecule has 1 aromatic heterocycles. The first-order valence-corrected chi connectivity index (χ1v) is 6.88. The number of oxime groups is 1. The van der Waals surface area contributed by atoms with Crippen molar-refractivity contribution in [2.75, 3.05) is 24.6 Å². The van der Waals surface area contributed by atoms with Gasteiger partial charge in [0.1, 0.15) is 0 Å². The second-order valence-corrected chi connectivity index (χ2v) is 5.34. The zero-order chi connectivity index (χ0) is 14.7. The highest BCUT2D eigenvalue weighted by Gasteiger charge is 2.23. The maximum absolute atomic E-state index is 9.22. The largest absolute Gasteiger partial charge is 0.409 e. The van der Waals surface area contributed by atoms with E-state index in [1.54, 1.807) is 0 Å². The second-order valence-electron chi connectivity index (χ2n) is 5.34. The van der Waals surface area contributed by atoms with Crippen molar-refractivity contribution in [3.8, 4) is 0 Å². The average Bonchev–Trinajstić information content (AvgIpc) is 2.46. The summed E-state index contributed by atoms with van der Waals surface area (Å²) in [5.74, 6) is 0.469. The Morgan fingerprint density at radius 2 is 2.10 bits per heavy atom. The first-order chi connectivity index (χ1) is 9.56. The summed E-state index contributed by atoms with van der Waals surface area (Å²) in [4.78, 5) is 6.61. The molecule has 1 aliphatic rings. The Bertz CT molecular complexity index is 508. The third kappa shape index (κ3) is 2.85. The van der Waals surface area contributed by atoms with E-state index >= 15 is 0 Å². The molecular weight excluding hydrogens is 256 g/mol. The minimum Gasteiger partial charge on any atom is -0.409 e. The monoisotopic (exact) mass is 278 g/mol. The lowest BCUT2D eigenvalue weighted by molar-refractivity contribution is 0.203. The van der Waals surface area contributed by atoms with Crippen LogP contribution in [0.3, 0.4) is 0 Å². The van der Waals surface area contributed by atoms with Crippen LogP contribution in [0.15, 0.2) is 11.2 Å². The zero-order valence-electron chi connectivity index (χ0n) is 12.0. The Hall–Kier alpha value is -1.82. The predicted octanol–water partition coefficient (Wildman–Crippen LogP) is 1.00. The van der Waals surface area contributed by atoms with Crippen molar-refractivity contribution in [1.29, 1.82) is 0 Å². The second kappa shape index (κ2) is 6.09. The molecule has 2 rings (SSSR count). The van der Waals surface area contributed by atoms with Crippen LogP contribution in [0.1, 0.15) is 29.8 Å². The lowest BCUT2D eigenvalue weighted by atomic mass is 9.96. The molecule has 0 spiro atoms. The van der Waals surface area contributed by atoms with E-state index in [0.717, 1.165) is 43.0 Å². The number of piperidine rings is 1. The Kier molecular flexibility index (Phi) is 4.44. The molecule has 6 heteroatoms. The lowest BCUT2D eigenvalue weighted by Crippen LogP contribution is -2.36. The summed E-state index contributed by atoms with van der Waals surface area (Å²) in [6.07, 6.45) is 1.90. The number of hydrogen-bond donors (Lipinski definition) is 3. The van der Waals surface area contributed by atoms with Gasteiger partial charge < -0.3 is 20.9 Å². The highest BCUT2D eigenvalue weighted by Crippen LogP contribution is 2.28. The highest BCUT2D eigenvalue weighted by atomic mass is 16.4. The van der Waals surface area contributed by atoms with Crippen LogP contribution >= 0.6 is 0 Å². The standard InChI is InChI=1S/C14H22N4O2/c1-9-7-12(13(10(2)16-9)14(15)17-20)18-5-3-11(8-19)4-6-18/h7,11,19-20H,3-6,8H2,1-2H3,(H2,15,17). The molecule has 0 bridgehead atoms. The number of anilines is 1. The molecule has 1 saturated heterocycles. The number of aliphatic hydroxyl groups excluding tert-OH is 1. The first kappa shape index (κ1) is 14.6. The Morgan fingerprint density at radius 3 is 2.65 bits per heavy atom. The predicted molar refractivity (Wildman–Crippen MR) is 78.2 cm³/mol. The Balaban J connectivity index is 2.36. The molecule has 0 aromatic carbocycles. The van der Waals surface area contributed by atoms with Crippen LogP contribution in [0.2, 0.25) is 0 Å². The number of aryl methyl sites for hydroxylation is 2. The number of rotatable bonds is 3. The van der Waals surface area contributed by atoms with Crippen molar-refractivity contribution in [3.05, 3.63) is 23.0 Å². The summed E-state index contributed by atoms with van der Waals surface area (Å²) in [5, 5.41) is 21.3. The summed E-state index contributed by atoms with van der Waals surface area (Å²) in [6.45, 7) is 5.77. The number of aliphatic hydroxyl groups is 1. The van der Waals surface area contributed by atoms with E-state index in [4.69, 9.17) is 10.9 Å². The summed E-state index contributed by atoms with van der Waals surface area (Å²) < 4.78 is 0. The fraction of sp³-hybridized carbons (Fsp3) is 0.571. The van der Waals surface area contributed by atoms with E-state index < -0.39 is 0 Å². The van der Waals surface area contributed by atoms with E-state index in [1.807, 2.05) is 19.9 Å². The molecule has 4 N–H and O–H groups in total. The van der Waals surface area contributed by atoms with Gasteiger partial charge in [-0.1, -0.05) is 5.16 Å². The van der Waals surface area contributed by atoms with Crippen molar-refractivity contribution >= 4 is 11.5 Å². The van der Waals surface area contributed by atoms with Crippen LogP contribution in [0.5, 0.6) is 0 Å². The molecule has 0 amide bonds. The van der Waals surface area contributed by atoms with E-state index in [1.165, 1.54) is 0 Å². The van der Waals surface area contributed by atoms with Gasteiger partial charge in [0, 0.05) is 25.4 Å². The van der Waals surface area contributed by atoms with Gasteiger partial charge in [0.15, 0.2) is 5.84 Å². The van der Waals surface area contributed by atoms with Crippen LogP contribution in [0.4, 0.5) is 5.69 Å². The maximum Gasteiger partial charge on any atom is 0.174 e. The molecule has 0 unspecified atom stereocenters. The summed E-state index contributed by atoms with van der Waals surface area (Å²) in [7, 11) is 0. The van der Waals surface area contributed by atoms with Gasteiger partial charge in [-0.25, -0.2) is 0 Å². The number of aromatic nitrogens is 1. The normalized spacial score (nSPS) is 17.6. The summed E-state index contributed by atoms with van der Waals surface area (Å²) in [5.41, 5.74) is 9.13.